The zero-order chi connectivity index (χ0) is 23.2. The van der Waals surface area contributed by atoms with E-state index in [0.717, 1.165) is 89.7 Å². The van der Waals surface area contributed by atoms with Gasteiger partial charge < -0.3 is 14.5 Å². The Balaban J connectivity index is 1.37. The lowest BCUT2D eigenvalue weighted by Crippen LogP contribution is -2.54. The summed E-state index contributed by atoms with van der Waals surface area (Å²) in [4.78, 5) is 22.7. The fourth-order valence-electron chi connectivity index (χ4n) is 5.85. The van der Waals surface area contributed by atoms with Crippen LogP contribution in [0.4, 0.5) is 0 Å². The monoisotopic (exact) mass is 476 g/mol. The van der Waals surface area contributed by atoms with Crippen LogP contribution in [-0.2, 0) is 16.1 Å². The van der Waals surface area contributed by atoms with Crippen molar-refractivity contribution in [3.05, 3.63) is 34.9 Å². The maximum Gasteiger partial charge on any atom is 0.222 e. The second-order valence-electron chi connectivity index (χ2n) is 10.2. The average Bonchev–Trinajstić information content (AvgIpc) is 2.84. The zero-order valence-corrected chi connectivity index (χ0v) is 21.2. The van der Waals surface area contributed by atoms with Gasteiger partial charge in [-0.3, -0.25) is 14.6 Å². The highest BCUT2D eigenvalue weighted by Crippen LogP contribution is 2.29. The number of hydrogen-bond donors (Lipinski definition) is 0. The summed E-state index contributed by atoms with van der Waals surface area (Å²) in [5.74, 6) is 0.808. The van der Waals surface area contributed by atoms with Gasteiger partial charge in [-0.1, -0.05) is 29.8 Å². The molecule has 0 unspecified atom stereocenters. The van der Waals surface area contributed by atoms with Crippen LogP contribution in [0.1, 0.15) is 37.7 Å². The van der Waals surface area contributed by atoms with E-state index >= 15 is 0 Å². The van der Waals surface area contributed by atoms with E-state index in [-0.39, 0.29) is 0 Å². The first-order valence-corrected chi connectivity index (χ1v) is 13.1. The van der Waals surface area contributed by atoms with Crippen molar-refractivity contribution in [2.24, 2.45) is 5.92 Å². The summed E-state index contributed by atoms with van der Waals surface area (Å²) in [5.41, 5.74) is 1.20. The molecule has 6 nitrogen and oxygen atoms in total. The number of likely N-dealkylation sites (tertiary alicyclic amines) is 2. The van der Waals surface area contributed by atoms with E-state index in [1.165, 1.54) is 5.56 Å². The molecule has 3 aliphatic rings. The standard InChI is InChI=1S/C26H41ClN4O2/c1-28-12-9-23(10-13-28)29(2)26(32)8-7-22-20-30(19-21-5-3-4-6-24(21)27)14-11-25(22)31-15-17-33-18-16-31/h3-6,22-23,25H,7-20H2,1-2H3/t22-,25+/m0/s1. The van der Waals surface area contributed by atoms with Crippen molar-refractivity contribution in [1.29, 1.82) is 0 Å². The summed E-state index contributed by atoms with van der Waals surface area (Å²) in [5, 5.41) is 0.847. The smallest absolute Gasteiger partial charge is 0.222 e. The third kappa shape index (κ3) is 6.70. The average molecular weight is 477 g/mol. The first-order chi connectivity index (χ1) is 16.0. The Labute approximate surface area is 204 Å². The van der Waals surface area contributed by atoms with Gasteiger partial charge in [0.1, 0.15) is 0 Å². The Morgan fingerprint density at radius 2 is 1.82 bits per heavy atom. The third-order valence-electron chi connectivity index (χ3n) is 8.00. The van der Waals surface area contributed by atoms with Crippen LogP contribution >= 0.6 is 11.6 Å². The van der Waals surface area contributed by atoms with E-state index in [9.17, 15) is 4.79 Å². The Bertz CT molecular complexity index is 764. The molecule has 0 aromatic heterocycles. The van der Waals surface area contributed by atoms with E-state index < -0.39 is 0 Å². The minimum atomic E-state index is 0.313. The summed E-state index contributed by atoms with van der Waals surface area (Å²) in [6, 6.07) is 9.10. The lowest BCUT2D eigenvalue weighted by atomic mass is 9.86. The quantitative estimate of drug-likeness (QED) is 0.604. The predicted octanol–water partition coefficient (Wildman–Crippen LogP) is 3.20. The molecule has 1 aromatic rings. The molecule has 0 N–H and O–H groups in total. The first-order valence-electron chi connectivity index (χ1n) is 12.7. The fourth-order valence-corrected chi connectivity index (χ4v) is 6.05. The molecule has 1 amide bonds. The Hall–Kier alpha value is -1.18. The number of carbonyl (C=O) groups is 1. The number of halogens is 1. The maximum absolute atomic E-state index is 13.1. The third-order valence-corrected chi connectivity index (χ3v) is 8.37. The van der Waals surface area contributed by atoms with Gasteiger partial charge in [-0.05, 0) is 69.9 Å². The molecule has 33 heavy (non-hydrogen) atoms. The van der Waals surface area contributed by atoms with Crippen LogP contribution in [0.5, 0.6) is 0 Å². The summed E-state index contributed by atoms with van der Waals surface area (Å²) in [6.07, 6.45) is 4.92. The van der Waals surface area contributed by atoms with Gasteiger partial charge in [-0.25, -0.2) is 0 Å². The highest BCUT2D eigenvalue weighted by Gasteiger charge is 2.35. The van der Waals surface area contributed by atoms with Gasteiger partial charge in [-0.15, -0.1) is 0 Å². The largest absolute Gasteiger partial charge is 0.379 e. The minimum absolute atomic E-state index is 0.313. The Kier molecular flexibility index (Phi) is 9.05. The van der Waals surface area contributed by atoms with Gasteiger partial charge in [0, 0.05) is 56.8 Å². The molecule has 3 heterocycles. The summed E-state index contributed by atoms with van der Waals surface area (Å²) in [6.45, 7) is 8.82. The Morgan fingerprint density at radius 3 is 2.55 bits per heavy atom. The number of hydrogen-bond acceptors (Lipinski definition) is 5. The molecule has 0 radical (unpaired) electrons. The van der Waals surface area contributed by atoms with E-state index in [2.05, 4.69) is 33.9 Å². The molecule has 3 saturated heterocycles. The van der Waals surface area contributed by atoms with Gasteiger partial charge in [0.2, 0.25) is 5.91 Å². The number of amides is 1. The van der Waals surface area contributed by atoms with Crippen molar-refractivity contribution in [2.45, 2.75) is 50.7 Å². The fraction of sp³-hybridized carbons (Fsp3) is 0.731. The number of nitrogens with zero attached hydrogens (tertiary/aromatic N) is 4. The van der Waals surface area contributed by atoms with Crippen molar-refractivity contribution in [2.75, 3.05) is 66.6 Å². The van der Waals surface area contributed by atoms with Crippen molar-refractivity contribution in [3.63, 3.8) is 0 Å². The minimum Gasteiger partial charge on any atom is -0.379 e. The van der Waals surface area contributed by atoms with Crippen LogP contribution < -0.4 is 0 Å². The zero-order valence-electron chi connectivity index (χ0n) is 20.4. The van der Waals surface area contributed by atoms with Crippen molar-refractivity contribution < 1.29 is 9.53 Å². The van der Waals surface area contributed by atoms with Crippen LogP contribution in [0.25, 0.3) is 0 Å². The van der Waals surface area contributed by atoms with E-state index in [1.807, 2.05) is 24.1 Å². The molecule has 0 bridgehead atoms. The number of rotatable bonds is 7. The highest BCUT2D eigenvalue weighted by molar-refractivity contribution is 6.31. The van der Waals surface area contributed by atoms with Gasteiger partial charge in [-0.2, -0.15) is 0 Å². The molecular formula is C26H41ClN4O2. The second kappa shape index (κ2) is 12.0. The number of morpholine rings is 1. The van der Waals surface area contributed by atoms with Gasteiger partial charge >= 0.3 is 0 Å². The van der Waals surface area contributed by atoms with Crippen molar-refractivity contribution >= 4 is 17.5 Å². The predicted molar refractivity (Wildman–Crippen MR) is 134 cm³/mol. The van der Waals surface area contributed by atoms with Crippen molar-refractivity contribution in [1.82, 2.24) is 19.6 Å². The molecule has 184 valence electrons. The van der Waals surface area contributed by atoms with Crippen LogP contribution in [0, 0.1) is 5.92 Å². The molecule has 3 aliphatic heterocycles. The van der Waals surface area contributed by atoms with Crippen LogP contribution in [0.3, 0.4) is 0 Å². The van der Waals surface area contributed by atoms with Crippen LogP contribution in [0.15, 0.2) is 24.3 Å². The normalized spacial score (nSPS) is 26.4. The molecule has 1 aromatic carbocycles. The number of piperidine rings is 2. The van der Waals surface area contributed by atoms with E-state index in [0.29, 0.717) is 30.3 Å². The van der Waals surface area contributed by atoms with Gasteiger partial charge in [0.15, 0.2) is 0 Å². The lowest BCUT2D eigenvalue weighted by Gasteiger charge is -2.45. The Morgan fingerprint density at radius 1 is 1.09 bits per heavy atom. The summed E-state index contributed by atoms with van der Waals surface area (Å²) < 4.78 is 5.61. The highest BCUT2D eigenvalue weighted by atomic mass is 35.5. The maximum atomic E-state index is 13.1. The van der Waals surface area contributed by atoms with Crippen LogP contribution in [-0.4, -0.2) is 104 Å². The number of benzene rings is 1. The number of carbonyl (C=O) groups excluding carboxylic acids is 1. The van der Waals surface area contributed by atoms with E-state index in [1.54, 1.807) is 0 Å². The molecule has 4 rings (SSSR count). The molecule has 3 fully saturated rings. The lowest BCUT2D eigenvalue weighted by molar-refractivity contribution is -0.133. The summed E-state index contributed by atoms with van der Waals surface area (Å²) in [7, 11) is 4.18. The molecular weight excluding hydrogens is 436 g/mol. The molecule has 0 aliphatic carbocycles. The SMILES string of the molecule is CN1CCC(N(C)C(=O)CC[C@H]2CN(Cc3ccccc3Cl)CC[C@H]2N2CCOCC2)CC1. The second-order valence-corrected chi connectivity index (χ2v) is 10.6. The molecule has 2 atom stereocenters. The van der Waals surface area contributed by atoms with E-state index in [4.69, 9.17) is 16.3 Å². The molecule has 7 heteroatoms. The molecule has 0 spiro atoms. The first kappa shape index (κ1) is 24.9. The van der Waals surface area contributed by atoms with Crippen molar-refractivity contribution in [3.8, 4) is 0 Å². The number of ether oxygens (including phenoxy) is 1. The van der Waals surface area contributed by atoms with Crippen LogP contribution in [0.2, 0.25) is 5.02 Å². The van der Waals surface area contributed by atoms with Gasteiger partial charge in [0.05, 0.1) is 13.2 Å². The van der Waals surface area contributed by atoms with Gasteiger partial charge in [0.25, 0.3) is 0 Å². The molecule has 0 saturated carbocycles. The summed E-state index contributed by atoms with van der Waals surface area (Å²) >= 11 is 6.45. The topological polar surface area (TPSA) is 39.3 Å².